The fraction of sp³-hybridized carbons (Fsp3) is 0.0870. The minimum Gasteiger partial charge on any atom is -0.450 e. The number of carbonyl (C=O) groups is 1. The maximum absolute atomic E-state index is 13.4. The van der Waals surface area contributed by atoms with Crippen molar-refractivity contribution in [3.63, 3.8) is 0 Å². The van der Waals surface area contributed by atoms with E-state index in [1.807, 2.05) is 12.1 Å². The number of aromatic nitrogens is 1. The fourth-order valence-electron chi connectivity index (χ4n) is 3.87. The molecule has 0 saturated heterocycles. The summed E-state index contributed by atoms with van der Waals surface area (Å²) in [6.07, 6.45) is 3.36. The van der Waals surface area contributed by atoms with Crippen LogP contribution in [0.4, 0.5) is 0 Å². The summed E-state index contributed by atoms with van der Waals surface area (Å²) in [7, 11) is 0. The van der Waals surface area contributed by atoms with E-state index in [0.29, 0.717) is 26.6 Å². The molecule has 7 heteroatoms. The third kappa shape index (κ3) is 3.07. The van der Waals surface area contributed by atoms with E-state index in [9.17, 15) is 9.59 Å². The second-order valence-electron chi connectivity index (χ2n) is 7.07. The zero-order valence-corrected chi connectivity index (χ0v) is 17.0. The molecule has 0 aliphatic carbocycles. The third-order valence-corrected chi connectivity index (χ3v) is 5.64. The third-order valence-electron chi connectivity index (χ3n) is 5.17. The summed E-state index contributed by atoms with van der Waals surface area (Å²) in [6.45, 7) is 0.268. The van der Waals surface area contributed by atoms with E-state index in [-0.39, 0.29) is 23.6 Å². The summed E-state index contributed by atoms with van der Waals surface area (Å²) in [5.74, 6) is -0.309. The van der Waals surface area contributed by atoms with E-state index in [4.69, 9.17) is 27.6 Å². The number of fused-ring (bicyclic) bond motifs is 2. The zero-order valence-electron chi connectivity index (χ0n) is 15.5. The second-order valence-corrected chi connectivity index (χ2v) is 7.94. The van der Waals surface area contributed by atoms with Crippen LogP contribution in [0.15, 0.2) is 76.2 Å². The summed E-state index contributed by atoms with van der Waals surface area (Å²) in [5.41, 5.74) is 1.91. The molecule has 0 saturated carbocycles. The molecular weight excluding hydrogens is 423 g/mol. The summed E-state index contributed by atoms with van der Waals surface area (Å²) in [4.78, 5) is 32.5. The smallest absolute Gasteiger partial charge is 0.291 e. The first-order valence-electron chi connectivity index (χ1n) is 9.24. The molecule has 4 aromatic rings. The molecule has 3 heterocycles. The molecule has 0 bridgehead atoms. The lowest BCUT2D eigenvalue weighted by Crippen LogP contribution is -2.29. The Morgan fingerprint density at radius 1 is 1.00 bits per heavy atom. The first-order chi connectivity index (χ1) is 14.5. The number of amides is 1. The van der Waals surface area contributed by atoms with Crippen molar-refractivity contribution in [2.45, 2.75) is 12.6 Å². The zero-order chi connectivity index (χ0) is 20.8. The van der Waals surface area contributed by atoms with Crippen molar-refractivity contribution < 1.29 is 9.21 Å². The molecule has 5 rings (SSSR count). The molecule has 0 fully saturated rings. The van der Waals surface area contributed by atoms with Gasteiger partial charge in [0.1, 0.15) is 5.58 Å². The number of hydrogen-bond donors (Lipinski definition) is 0. The van der Waals surface area contributed by atoms with Crippen molar-refractivity contribution >= 4 is 40.1 Å². The maximum Gasteiger partial charge on any atom is 0.291 e. The van der Waals surface area contributed by atoms with Gasteiger partial charge in [0.15, 0.2) is 5.43 Å². The van der Waals surface area contributed by atoms with Crippen molar-refractivity contribution in [1.29, 1.82) is 0 Å². The molecule has 1 amide bonds. The molecule has 30 heavy (non-hydrogen) atoms. The van der Waals surface area contributed by atoms with Gasteiger partial charge in [-0.1, -0.05) is 41.4 Å². The first kappa shape index (κ1) is 18.9. The Kier molecular flexibility index (Phi) is 4.57. The van der Waals surface area contributed by atoms with Gasteiger partial charge in [0, 0.05) is 29.0 Å². The van der Waals surface area contributed by atoms with Gasteiger partial charge >= 0.3 is 0 Å². The van der Waals surface area contributed by atoms with Crippen LogP contribution in [0, 0.1) is 0 Å². The Labute approximate surface area is 181 Å². The number of benzene rings is 2. The molecule has 1 aliphatic rings. The molecule has 0 N–H and O–H groups in total. The van der Waals surface area contributed by atoms with Crippen LogP contribution in [-0.4, -0.2) is 15.8 Å². The van der Waals surface area contributed by atoms with Gasteiger partial charge in [-0.05, 0) is 47.5 Å². The monoisotopic (exact) mass is 436 g/mol. The van der Waals surface area contributed by atoms with E-state index in [1.54, 1.807) is 59.8 Å². The highest BCUT2D eigenvalue weighted by Gasteiger charge is 2.42. The van der Waals surface area contributed by atoms with Crippen LogP contribution in [0.1, 0.15) is 33.3 Å². The van der Waals surface area contributed by atoms with Gasteiger partial charge in [-0.25, -0.2) is 0 Å². The minimum absolute atomic E-state index is 0.0451. The summed E-state index contributed by atoms with van der Waals surface area (Å²) < 4.78 is 5.90. The van der Waals surface area contributed by atoms with Crippen molar-refractivity contribution in [2.24, 2.45) is 0 Å². The van der Waals surface area contributed by atoms with Gasteiger partial charge in [-0.3, -0.25) is 14.6 Å². The van der Waals surface area contributed by atoms with Crippen LogP contribution >= 0.6 is 23.2 Å². The topological polar surface area (TPSA) is 63.4 Å². The number of carbonyl (C=O) groups excluding carboxylic acids is 1. The number of rotatable bonds is 3. The Morgan fingerprint density at radius 3 is 2.60 bits per heavy atom. The number of halogens is 2. The molecule has 148 valence electrons. The Morgan fingerprint density at radius 2 is 1.83 bits per heavy atom. The molecule has 0 radical (unpaired) electrons. The van der Waals surface area contributed by atoms with Gasteiger partial charge in [-0.15, -0.1) is 0 Å². The molecule has 5 nitrogen and oxygen atoms in total. The van der Waals surface area contributed by atoms with Gasteiger partial charge in [0.2, 0.25) is 5.76 Å². The van der Waals surface area contributed by atoms with Gasteiger partial charge in [0.25, 0.3) is 5.91 Å². The molecule has 2 aromatic carbocycles. The van der Waals surface area contributed by atoms with Crippen LogP contribution in [0.3, 0.4) is 0 Å². The summed E-state index contributed by atoms with van der Waals surface area (Å²) in [5, 5.41) is 1.28. The van der Waals surface area contributed by atoms with E-state index < -0.39 is 6.04 Å². The predicted molar refractivity (Wildman–Crippen MR) is 115 cm³/mol. The van der Waals surface area contributed by atoms with E-state index in [1.165, 1.54) is 0 Å². The van der Waals surface area contributed by atoms with Crippen LogP contribution in [-0.2, 0) is 6.54 Å². The molecule has 1 aliphatic heterocycles. The van der Waals surface area contributed by atoms with Crippen molar-refractivity contribution in [1.82, 2.24) is 9.88 Å². The Balaban J connectivity index is 1.75. The molecule has 0 spiro atoms. The lowest BCUT2D eigenvalue weighted by Gasteiger charge is -2.25. The second kappa shape index (κ2) is 7.27. The number of pyridine rings is 1. The van der Waals surface area contributed by atoms with Gasteiger partial charge in [0.05, 0.1) is 17.0 Å². The molecule has 0 unspecified atom stereocenters. The average Bonchev–Trinajstić information content (AvgIpc) is 3.02. The number of hydrogen-bond acceptors (Lipinski definition) is 4. The maximum atomic E-state index is 13.4. The predicted octanol–water partition coefficient (Wildman–Crippen LogP) is 5.24. The Hall–Kier alpha value is -3.15. The SMILES string of the molecule is O=C1c2oc3ccc(Cl)cc3c(=O)c2[C@H](c2cccc(Cl)c2)N1Cc1cccnc1. The van der Waals surface area contributed by atoms with E-state index in [2.05, 4.69) is 4.98 Å². The van der Waals surface area contributed by atoms with Crippen LogP contribution in [0.5, 0.6) is 0 Å². The quantitative estimate of drug-likeness (QED) is 0.440. The van der Waals surface area contributed by atoms with Crippen LogP contribution < -0.4 is 5.43 Å². The lowest BCUT2D eigenvalue weighted by molar-refractivity contribution is 0.0714. The van der Waals surface area contributed by atoms with Crippen LogP contribution in [0.25, 0.3) is 11.0 Å². The summed E-state index contributed by atoms with van der Waals surface area (Å²) in [6, 6.07) is 15.0. The van der Waals surface area contributed by atoms with E-state index in [0.717, 1.165) is 11.1 Å². The van der Waals surface area contributed by atoms with Gasteiger partial charge in [-0.2, -0.15) is 0 Å². The standard InChI is InChI=1S/C23H14Cl2N2O3/c24-15-5-1-4-14(9-15)20-19-21(28)17-10-16(25)6-7-18(17)30-22(19)23(29)27(20)12-13-3-2-8-26-11-13/h1-11,20H,12H2/t20-/m0/s1. The van der Waals surface area contributed by atoms with Crippen molar-refractivity contribution in [3.8, 4) is 0 Å². The lowest BCUT2D eigenvalue weighted by atomic mass is 9.98. The molecule has 2 aromatic heterocycles. The number of nitrogens with zero attached hydrogens (tertiary/aromatic N) is 2. The first-order valence-corrected chi connectivity index (χ1v) is 10.00. The minimum atomic E-state index is -0.633. The normalized spacial score (nSPS) is 15.6. The van der Waals surface area contributed by atoms with Crippen molar-refractivity contribution in [3.05, 3.63) is 110 Å². The molecular formula is C23H14Cl2N2O3. The van der Waals surface area contributed by atoms with E-state index >= 15 is 0 Å². The highest BCUT2D eigenvalue weighted by atomic mass is 35.5. The van der Waals surface area contributed by atoms with Crippen molar-refractivity contribution in [2.75, 3.05) is 0 Å². The average molecular weight is 437 g/mol. The largest absolute Gasteiger partial charge is 0.450 e. The van der Waals surface area contributed by atoms with Crippen LogP contribution in [0.2, 0.25) is 10.0 Å². The fourth-order valence-corrected chi connectivity index (χ4v) is 4.24. The summed E-state index contributed by atoms with van der Waals surface area (Å²) >= 11 is 12.3. The highest BCUT2D eigenvalue weighted by molar-refractivity contribution is 6.31. The molecule has 1 atom stereocenters. The highest BCUT2D eigenvalue weighted by Crippen LogP contribution is 2.39. The van der Waals surface area contributed by atoms with Gasteiger partial charge < -0.3 is 9.32 Å². The Bertz CT molecular complexity index is 1350.